The van der Waals surface area contributed by atoms with Crippen molar-refractivity contribution in [1.82, 2.24) is 25.1 Å². The molecule has 0 spiro atoms. The van der Waals surface area contributed by atoms with Crippen molar-refractivity contribution < 1.29 is 18.4 Å². The van der Waals surface area contributed by atoms with E-state index in [9.17, 15) is 4.39 Å². The van der Waals surface area contributed by atoms with Crippen LogP contribution in [0.15, 0.2) is 47.0 Å². The summed E-state index contributed by atoms with van der Waals surface area (Å²) >= 11 is 5.95. The first kappa shape index (κ1) is 18.7. The molecule has 0 N–H and O–H groups in total. The Bertz CT molecular complexity index is 1210. The van der Waals surface area contributed by atoms with Crippen LogP contribution in [-0.4, -0.2) is 32.2 Å². The fraction of sp³-hybridized carbons (Fsp3) is 0.200. The predicted molar refractivity (Wildman–Crippen MR) is 104 cm³/mol. The molecule has 4 aromatic rings. The molecule has 0 amide bonds. The molecule has 0 fully saturated rings. The molecule has 8 nitrogen and oxygen atoms in total. The van der Waals surface area contributed by atoms with Crippen molar-refractivity contribution in [3.8, 4) is 28.7 Å². The number of halogens is 2. The summed E-state index contributed by atoms with van der Waals surface area (Å²) in [5.74, 6) is 0.0516. The van der Waals surface area contributed by atoms with E-state index >= 15 is 0 Å². The molecule has 0 bridgehead atoms. The molecule has 0 unspecified atom stereocenters. The van der Waals surface area contributed by atoms with E-state index in [1.165, 1.54) is 19.2 Å². The predicted octanol–water partition coefficient (Wildman–Crippen LogP) is 4.07. The summed E-state index contributed by atoms with van der Waals surface area (Å²) in [4.78, 5) is 4.34. The van der Waals surface area contributed by atoms with Gasteiger partial charge in [-0.3, -0.25) is 0 Å². The van der Waals surface area contributed by atoms with Gasteiger partial charge in [0.05, 0.1) is 26.0 Å². The zero-order valence-electron chi connectivity index (χ0n) is 15.7. The summed E-state index contributed by atoms with van der Waals surface area (Å²) in [6.07, 6.45) is -0.160. The zero-order valence-corrected chi connectivity index (χ0v) is 16.5. The number of benzene rings is 2. The zero-order chi connectivity index (χ0) is 20.7. The van der Waals surface area contributed by atoms with Gasteiger partial charge < -0.3 is 14.0 Å². The summed E-state index contributed by atoms with van der Waals surface area (Å²) in [7, 11) is 1.40. The van der Waals surface area contributed by atoms with E-state index in [1.807, 2.05) is 24.3 Å². The van der Waals surface area contributed by atoms with Crippen molar-refractivity contribution in [2.45, 2.75) is 19.3 Å². The molecule has 0 radical (unpaired) electrons. The SMILES string of the molecule is COc1ccc(-c2nc(-c3nnn4c3CO[C@@H](c3ccc(Cl)cc3)C4)no2)cc1F. The second-order valence-electron chi connectivity index (χ2n) is 6.69. The second-order valence-corrected chi connectivity index (χ2v) is 7.13. The molecule has 152 valence electrons. The van der Waals surface area contributed by atoms with Gasteiger partial charge in [-0.05, 0) is 35.9 Å². The first-order chi connectivity index (χ1) is 14.6. The molecule has 0 saturated heterocycles. The topological polar surface area (TPSA) is 88.1 Å². The Balaban J connectivity index is 1.40. The molecule has 1 aliphatic rings. The van der Waals surface area contributed by atoms with E-state index in [0.29, 0.717) is 22.8 Å². The third-order valence-corrected chi connectivity index (χ3v) is 5.13. The number of fused-ring (bicyclic) bond motifs is 1. The smallest absolute Gasteiger partial charge is 0.258 e. The number of rotatable bonds is 4. The van der Waals surface area contributed by atoms with Crippen LogP contribution in [-0.2, 0) is 17.9 Å². The molecule has 10 heteroatoms. The molecule has 2 aromatic carbocycles. The summed E-state index contributed by atoms with van der Waals surface area (Å²) < 4.78 is 32.0. The Morgan fingerprint density at radius 1 is 1.20 bits per heavy atom. The van der Waals surface area contributed by atoms with Crippen LogP contribution < -0.4 is 4.74 Å². The van der Waals surface area contributed by atoms with Crippen LogP contribution in [0.3, 0.4) is 0 Å². The second kappa shape index (κ2) is 7.51. The first-order valence-corrected chi connectivity index (χ1v) is 9.47. The van der Waals surface area contributed by atoms with Gasteiger partial charge in [-0.25, -0.2) is 9.07 Å². The molecule has 5 rings (SSSR count). The van der Waals surface area contributed by atoms with E-state index in [2.05, 4.69) is 20.5 Å². The lowest BCUT2D eigenvalue weighted by molar-refractivity contribution is -0.00112. The van der Waals surface area contributed by atoms with Gasteiger partial charge in [0.15, 0.2) is 17.3 Å². The quantitative estimate of drug-likeness (QED) is 0.485. The molecule has 0 aliphatic carbocycles. The van der Waals surface area contributed by atoms with E-state index < -0.39 is 5.82 Å². The third kappa shape index (κ3) is 3.31. The summed E-state index contributed by atoms with van der Waals surface area (Å²) in [5, 5.41) is 13.0. The van der Waals surface area contributed by atoms with Crippen LogP contribution >= 0.6 is 11.6 Å². The molecule has 1 aliphatic heterocycles. The lowest BCUT2D eigenvalue weighted by Crippen LogP contribution is -2.22. The normalized spacial score (nSPS) is 15.8. The van der Waals surface area contributed by atoms with E-state index in [0.717, 1.165) is 11.3 Å². The van der Waals surface area contributed by atoms with Crippen LogP contribution in [0.2, 0.25) is 5.02 Å². The highest BCUT2D eigenvalue weighted by Crippen LogP contribution is 2.31. The maximum atomic E-state index is 14.0. The van der Waals surface area contributed by atoms with E-state index in [1.54, 1.807) is 10.7 Å². The van der Waals surface area contributed by atoms with Crippen molar-refractivity contribution in [2.75, 3.05) is 7.11 Å². The van der Waals surface area contributed by atoms with Gasteiger partial charge in [-0.1, -0.05) is 34.1 Å². The minimum atomic E-state index is -0.516. The lowest BCUT2D eigenvalue weighted by Gasteiger charge is -2.24. The minimum Gasteiger partial charge on any atom is -0.494 e. The van der Waals surface area contributed by atoms with Gasteiger partial charge in [-0.15, -0.1) is 5.10 Å². The van der Waals surface area contributed by atoms with Crippen LogP contribution in [0.25, 0.3) is 23.0 Å². The van der Waals surface area contributed by atoms with Crippen molar-refractivity contribution in [3.63, 3.8) is 0 Å². The van der Waals surface area contributed by atoms with Gasteiger partial charge in [0.25, 0.3) is 5.89 Å². The third-order valence-electron chi connectivity index (χ3n) is 4.88. The first-order valence-electron chi connectivity index (χ1n) is 9.10. The van der Waals surface area contributed by atoms with Crippen molar-refractivity contribution in [3.05, 3.63) is 64.6 Å². The molecular formula is C20H15ClFN5O3. The maximum Gasteiger partial charge on any atom is 0.258 e. The fourth-order valence-electron chi connectivity index (χ4n) is 3.30. The number of nitrogens with zero attached hydrogens (tertiary/aromatic N) is 5. The number of aromatic nitrogens is 5. The van der Waals surface area contributed by atoms with E-state index in [4.69, 9.17) is 25.6 Å². The monoisotopic (exact) mass is 427 g/mol. The Morgan fingerprint density at radius 2 is 2.03 bits per heavy atom. The van der Waals surface area contributed by atoms with Gasteiger partial charge >= 0.3 is 0 Å². The highest BCUT2D eigenvalue weighted by Gasteiger charge is 2.27. The average Bonchev–Trinajstić information content (AvgIpc) is 3.41. The van der Waals surface area contributed by atoms with Crippen molar-refractivity contribution in [2.24, 2.45) is 0 Å². The number of hydrogen-bond donors (Lipinski definition) is 0. The maximum absolute atomic E-state index is 14.0. The van der Waals surface area contributed by atoms with Gasteiger partial charge in [0.2, 0.25) is 5.82 Å². The van der Waals surface area contributed by atoms with Crippen LogP contribution in [0, 0.1) is 5.82 Å². The standard InChI is InChI=1S/C20H15ClFN5O3/c1-28-16-7-4-12(8-14(16)22)20-23-19(25-30-20)18-15-10-29-17(9-27(15)26-24-18)11-2-5-13(21)6-3-11/h2-8,17H,9-10H2,1H3/t17-/m1/s1. The Labute approximate surface area is 175 Å². The number of methoxy groups -OCH3 is 1. The molecule has 3 heterocycles. The summed E-state index contributed by atoms with van der Waals surface area (Å²) in [5.41, 5.74) is 2.65. The highest BCUT2D eigenvalue weighted by molar-refractivity contribution is 6.30. The fourth-order valence-corrected chi connectivity index (χ4v) is 3.43. The molecule has 30 heavy (non-hydrogen) atoms. The average molecular weight is 428 g/mol. The van der Waals surface area contributed by atoms with Crippen molar-refractivity contribution >= 4 is 11.6 Å². The minimum absolute atomic E-state index is 0.137. The van der Waals surface area contributed by atoms with Gasteiger partial charge in [0, 0.05) is 10.6 Å². The van der Waals surface area contributed by atoms with Gasteiger partial charge in [0.1, 0.15) is 6.10 Å². The molecule has 0 saturated carbocycles. The largest absolute Gasteiger partial charge is 0.494 e. The van der Waals surface area contributed by atoms with E-state index in [-0.39, 0.29) is 30.2 Å². The molecular weight excluding hydrogens is 413 g/mol. The highest BCUT2D eigenvalue weighted by atomic mass is 35.5. The summed E-state index contributed by atoms with van der Waals surface area (Å²) in [6.45, 7) is 0.787. The van der Waals surface area contributed by atoms with Crippen LogP contribution in [0.1, 0.15) is 17.4 Å². The Kier molecular flexibility index (Phi) is 4.68. The van der Waals surface area contributed by atoms with Crippen LogP contribution in [0.4, 0.5) is 4.39 Å². The summed E-state index contributed by atoms with van der Waals surface area (Å²) in [6, 6.07) is 11.9. The lowest BCUT2D eigenvalue weighted by atomic mass is 10.1. The van der Waals surface area contributed by atoms with Crippen LogP contribution in [0.5, 0.6) is 5.75 Å². The molecule has 1 atom stereocenters. The number of hydrogen-bond acceptors (Lipinski definition) is 7. The Hall–Kier alpha value is -3.30. The van der Waals surface area contributed by atoms with Gasteiger partial charge in [-0.2, -0.15) is 4.98 Å². The Morgan fingerprint density at radius 3 is 2.80 bits per heavy atom. The number of ether oxygens (including phenoxy) is 2. The molecule has 2 aromatic heterocycles. The van der Waals surface area contributed by atoms with Crippen molar-refractivity contribution in [1.29, 1.82) is 0 Å².